The molecule has 0 saturated heterocycles. The molecule has 2 amide bonds. The number of amides is 2. The van der Waals surface area contributed by atoms with Gasteiger partial charge >= 0.3 is 6.03 Å². The number of urea groups is 1. The van der Waals surface area contributed by atoms with Crippen LogP contribution >= 0.6 is 11.6 Å². The molecule has 0 saturated carbocycles. The number of aliphatic imine (C=N–C) groups is 1. The monoisotopic (exact) mass is 222 g/mol. The summed E-state index contributed by atoms with van der Waals surface area (Å²) in [5.41, 5.74) is 0.499. The third-order valence-corrected chi connectivity index (χ3v) is 1.90. The van der Waals surface area contributed by atoms with Gasteiger partial charge in [0.25, 0.3) is 0 Å². The van der Waals surface area contributed by atoms with Crippen molar-refractivity contribution in [3.63, 3.8) is 0 Å². The molecule has 76 valence electrons. The predicted octanol–water partition coefficient (Wildman–Crippen LogP) is 1.27. The lowest BCUT2D eigenvalue weighted by Crippen LogP contribution is -2.43. The molecule has 2 rings (SSSR count). The van der Waals surface area contributed by atoms with Crippen LogP contribution in [0.25, 0.3) is 0 Å². The Morgan fingerprint density at radius 1 is 1.33 bits per heavy atom. The molecule has 0 radical (unpaired) electrons. The van der Waals surface area contributed by atoms with Crippen LogP contribution in [0.1, 0.15) is 5.69 Å². The van der Waals surface area contributed by atoms with Gasteiger partial charge in [0.15, 0.2) is 5.84 Å². The van der Waals surface area contributed by atoms with Crippen LogP contribution in [0.15, 0.2) is 35.6 Å². The molecule has 2 heterocycles. The van der Waals surface area contributed by atoms with Crippen molar-refractivity contribution in [1.29, 1.82) is 0 Å². The minimum absolute atomic E-state index is 0.274. The Labute approximate surface area is 90.9 Å². The highest BCUT2D eigenvalue weighted by Gasteiger charge is 2.15. The van der Waals surface area contributed by atoms with E-state index in [0.29, 0.717) is 16.7 Å². The maximum absolute atomic E-state index is 11.1. The van der Waals surface area contributed by atoms with E-state index >= 15 is 0 Å². The first-order valence-corrected chi connectivity index (χ1v) is 4.51. The number of rotatable bonds is 1. The number of carbonyl (C=O) groups excluding carboxylic acids is 1. The number of pyridine rings is 1. The average Bonchev–Trinajstić information content (AvgIpc) is 2.16. The minimum Gasteiger partial charge on any atom is -0.292 e. The quantitative estimate of drug-likeness (QED) is 0.703. The van der Waals surface area contributed by atoms with Crippen molar-refractivity contribution in [2.75, 3.05) is 0 Å². The van der Waals surface area contributed by atoms with Crippen LogP contribution < -0.4 is 10.6 Å². The maximum atomic E-state index is 11.1. The second-order valence-corrected chi connectivity index (χ2v) is 3.22. The molecule has 1 aromatic rings. The summed E-state index contributed by atoms with van der Waals surface area (Å²) in [7, 11) is 0. The molecular formula is C9H7ClN4O. The van der Waals surface area contributed by atoms with Crippen LogP contribution in [0, 0.1) is 0 Å². The lowest BCUT2D eigenvalue weighted by Gasteiger charge is -2.15. The Balaban J connectivity index is 2.39. The third kappa shape index (κ3) is 2.13. The van der Waals surface area contributed by atoms with Gasteiger partial charge in [-0.15, -0.1) is 0 Å². The summed E-state index contributed by atoms with van der Waals surface area (Å²) >= 11 is 5.72. The molecule has 1 aliphatic rings. The zero-order valence-electron chi connectivity index (χ0n) is 7.62. The van der Waals surface area contributed by atoms with Crippen molar-refractivity contribution in [2.24, 2.45) is 4.99 Å². The van der Waals surface area contributed by atoms with Crippen LogP contribution in [0.3, 0.4) is 0 Å². The van der Waals surface area contributed by atoms with E-state index in [1.165, 1.54) is 0 Å². The molecule has 0 aromatic carbocycles. The lowest BCUT2D eigenvalue weighted by molar-refractivity contribution is 0.246. The van der Waals surface area contributed by atoms with Gasteiger partial charge in [0.2, 0.25) is 0 Å². The smallest absolute Gasteiger partial charge is 0.292 e. The second kappa shape index (κ2) is 3.70. The molecule has 0 fully saturated rings. The first-order valence-electron chi connectivity index (χ1n) is 4.14. The van der Waals surface area contributed by atoms with Gasteiger partial charge in [-0.1, -0.05) is 24.2 Å². The van der Waals surface area contributed by atoms with E-state index in [1.54, 1.807) is 18.2 Å². The molecule has 0 unspecified atom stereocenters. The maximum Gasteiger partial charge on any atom is 0.326 e. The minimum atomic E-state index is -0.383. The Bertz CT molecular complexity index is 469. The fraction of sp³-hybridized carbons (Fsp3) is 0. The highest BCUT2D eigenvalue weighted by Crippen LogP contribution is 2.07. The van der Waals surface area contributed by atoms with Crippen molar-refractivity contribution in [2.45, 2.75) is 0 Å². The van der Waals surface area contributed by atoms with E-state index in [1.807, 2.05) is 0 Å². The number of nitrogens with zero attached hydrogens (tertiary/aromatic N) is 2. The standard InChI is InChI=1S/C9H7ClN4O/c1-5-11-8(14-9(15)12-5)6-3-2-4-7(10)13-6/h2-4H,1H2,(H2,11,12,14,15). The SMILES string of the molecule is C=C1N=C(c2cccc(Cl)n2)NC(=O)N1. The zero-order valence-corrected chi connectivity index (χ0v) is 8.38. The van der Waals surface area contributed by atoms with E-state index in [9.17, 15) is 4.79 Å². The van der Waals surface area contributed by atoms with Crippen LogP contribution in [-0.2, 0) is 0 Å². The summed E-state index contributed by atoms with van der Waals surface area (Å²) < 4.78 is 0. The van der Waals surface area contributed by atoms with Crippen LogP contribution in [0.4, 0.5) is 4.79 Å². The van der Waals surface area contributed by atoms with Gasteiger partial charge in [-0.3, -0.25) is 10.6 Å². The van der Waals surface area contributed by atoms with Gasteiger partial charge in [0.1, 0.15) is 16.7 Å². The normalized spacial score (nSPS) is 15.4. The molecular weight excluding hydrogens is 216 g/mol. The molecule has 0 atom stereocenters. The average molecular weight is 223 g/mol. The molecule has 0 spiro atoms. The highest BCUT2D eigenvalue weighted by atomic mass is 35.5. The topological polar surface area (TPSA) is 66.4 Å². The fourth-order valence-corrected chi connectivity index (χ4v) is 1.29. The number of hydrogen-bond acceptors (Lipinski definition) is 3. The van der Waals surface area contributed by atoms with E-state index in [-0.39, 0.29) is 11.9 Å². The van der Waals surface area contributed by atoms with Crippen molar-refractivity contribution in [3.05, 3.63) is 41.4 Å². The number of amidine groups is 1. The van der Waals surface area contributed by atoms with Gasteiger partial charge in [-0.2, -0.15) is 0 Å². The first kappa shape index (κ1) is 9.67. The molecule has 2 N–H and O–H groups in total. The molecule has 1 aliphatic heterocycles. The number of nitrogens with one attached hydrogen (secondary N) is 2. The van der Waals surface area contributed by atoms with Gasteiger partial charge in [-0.25, -0.2) is 14.8 Å². The van der Waals surface area contributed by atoms with Crippen LogP contribution in [-0.4, -0.2) is 16.9 Å². The van der Waals surface area contributed by atoms with E-state index in [4.69, 9.17) is 11.6 Å². The van der Waals surface area contributed by atoms with E-state index < -0.39 is 0 Å². The third-order valence-electron chi connectivity index (χ3n) is 1.69. The highest BCUT2D eigenvalue weighted by molar-refractivity contribution is 6.29. The van der Waals surface area contributed by atoms with Gasteiger partial charge in [0.05, 0.1) is 0 Å². The summed E-state index contributed by atoms with van der Waals surface area (Å²) in [5, 5.41) is 5.25. The summed E-state index contributed by atoms with van der Waals surface area (Å²) in [4.78, 5) is 19.1. The first-order chi connectivity index (χ1) is 7.15. The fourth-order valence-electron chi connectivity index (χ4n) is 1.12. The van der Waals surface area contributed by atoms with Crippen LogP contribution in [0.2, 0.25) is 5.15 Å². The Morgan fingerprint density at radius 2 is 2.13 bits per heavy atom. The second-order valence-electron chi connectivity index (χ2n) is 2.83. The van der Waals surface area contributed by atoms with E-state index in [0.717, 1.165) is 0 Å². The molecule has 0 aliphatic carbocycles. The van der Waals surface area contributed by atoms with Crippen molar-refractivity contribution < 1.29 is 4.79 Å². The van der Waals surface area contributed by atoms with Crippen LogP contribution in [0.5, 0.6) is 0 Å². The summed E-state index contributed by atoms with van der Waals surface area (Å²) in [6.07, 6.45) is 0. The summed E-state index contributed by atoms with van der Waals surface area (Å²) in [6, 6.07) is 4.68. The summed E-state index contributed by atoms with van der Waals surface area (Å²) in [6.45, 7) is 3.54. The largest absolute Gasteiger partial charge is 0.326 e. The number of halogens is 1. The molecule has 1 aromatic heterocycles. The lowest BCUT2D eigenvalue weighted by atomic mass is 10.3. The molecule has 6 heteroatoms. The van der Waals surface area contributed by atoms with Crippen molar-refractivity contribution in [1.82, 2.24) is 15.6 Å². The summed E-state index contributed by atoms with van der Waals surface area (Å²) in [5.74, 6) is 0.613. The molecule has 5 nitrogen and oxygen atoms in total. The number of aromatic nitrogens is 1. The van der Waals surface area contributed by atoms with Gasteiger partial charge in [-0.05, 0) is 12.1 Å². The number of carbonyl (C=O) groups is 1. The van der Waals surface area contributed by atoms with E-state index in [2.05, 4.69) is 27.2 Å². The van der Waals surface area contributed by atoms with Gasteiger partial charge in [0, 0.05) is 0 Å². The molecule has 15 heavy (non-hydrogen) atoms. The Hall–Kier alpha value is -1.88. The predicted molar refractivity (Wildman–Crippen MR) is 56.6 cm³/mol. The Kier molecular flexibility index (Phi) is 2.39. The van der Waals surface area contributed by atoms with Crippen molar-refractivity contribution >= 4 is 23.5 Å². The zero-order chi connectivity index (χ0) is 10.8. The Morgan fingerprint density at radius 3 is 2.80 bits per heavy atom. The van der Waals surface area contributed by atoms with Crippen molar-refractivity contribution in [3.8, 4) is 0 Å². The number of hydrogen-bond donors (Lipinski definition) is 2. The van der Waals surface area contributed by atoms with Gasteiger partial charge < -0.3 is 0 Å². The molecule has 0 bridgehead atoms.